The Morgan fingerprint density at radius 1 is 1.17 bits per heavy atom. The normalized spacial score (nSPS) is 16.5. The molecular formula is C19H23N3O2. The molecule has 5 nitrogen and oxygen atoms in total. The predicted molar refractivity (Wildman–Crippen MR) is 93.6 cm³/mol. The Morgan fingerprint density at radius 3 is 2.62 bits per heavy atom. The van der Waals surface area contributed by atoms with Crippen molar-refractivity contribution >= 4 is 6.21 Å². The molecule has 0 atom stereocenters. The van der Waals surface area contributed by atoms with Crippen molar-refractivity contribution < 1.29 is 9.94 Å². The summed E-state index contributed by atoms with van der Waals surface area (Å²) in [6, 6.07) is 14.3. The van der Waals surface area contributed by atoms with E-state index in [0.717, 1.165) is 38.0 Å². The van der Waals surface area contributed by atoms with Crippen LogP contribution in [-0.4, -0.2) is 41.0 Å². The van der Waals surface area contributed by atoms with Crippen LogP contribution in [0.4, 0.5) is 0 Å². The summed E-state index contributed by atoms with van der Waals surface area (Å²) in [6.07, 6.45) is 5.29. The second-order valence-electron chi connectivity index (χ2n) is 6.19. The van der Waals surface area contributed by atoms with Crippen molar-refractivity contribution in [2.45, 2.75) is 19.4 Å². The quantitative estimate of drug-likeness (QED) is 0.503. The lowest BCUT2D eigenvalue weighted by atomic mass is 9.97. The molecule has 1 fully saturated rings. The van der Waals surface area contributed by atoms with E-state index in [-0.39, 0.29) is 0 Å². The first-order chi connectivity index (χ1) is 11.8. The molecule has 0 bridgehead atoms. The predicted octanol–water partition coefficient (Wildman–Crippen LogP) is 3.18. The molecule has 0 unspecified atom stereocenters. The first-order valence-corrected chi connectivity index (χ1v) is 8.36. The molecule has 1 aliphatic heterocycles. The van der Waals surface area contributed by atoms with Gasteiger partial charge in [0.15, 0.2) is 0 Å². The molecule has 1 aliphatic rings. The van der Waals surface area contributed by atoms with Gasteiger partial charge in [-0.25, -0.2) is 4.98 Å². The number of ether oxygens (including phenoxy) is 1. The molecule has 0 amide bonds. The van der Waals surface area contributed by atoms with Crippen LogP contribution in [0.3, 0.4) is 0 Å². The molecule has 0 spiro atoms. The van der Waals surface area contributed by atoms with Crippen LogP contribution in [0.25, 0.3) is 0 Å². The first kappa shape index (κ1) is 16.5. The SMILES string of the molecule is ON=Cc1ccc(OCC2CCN(Cc3ccccc3)CC2)nc1. The number of oxime groups is 1. The minimum absolute atomic E-state index is 0.581. The highest BCUT2D eigenvalue weighted by atomic mass is 16.5. The first-order valence-electron chi connectivity index (χ1n) is 8.36. The Kier molecular flexibility index (Phi) is 5.80. The van der Waals surface area contributed by atoms with Crippen LogP contribution in [-0.2, 0) is 6.54 Å². The molecular weight excluding hydrogens is 302 g/mol. The molecule has 126 valence electrons. The molecule has 1 saturated heterocycles. The van der Waals surface area contributed by atoms with Gasteiger partial charge in [0.1, 0.15) is 0 Å². The van der Waals surface area contributed by atoms with Gasteiger partial charge in [-0.1, -0.05) is 35.5 Å². The number of hydrogen-bond donors (Lipinski definition) is 1. The van der Waals surface area contributed by atoms with Gasteiger partial charge in [0.25, 0.3) is 0 Å². The van der Waals surface area contributed by atoms with E-state index in [4.69, 9.17) is 9.94 Å². The van der Waals surface area contributed by atoms with Crippen molar-refractivity contribution in [1.29, 1.82) is 0 Å². The minimum atomic E-state index is 0.581. The van der Waals surface area contributed by atoms with E-state index in [1.54, 1.807) is 6.20 Å². The van der Waals surface area contributed by atoms with Gasteiger partial charge in [0, 0.05) is 24.4 Å². The van der Waals surface area contributed by atoms with Crippen LogP contribution in [0, 0.1) is 5.92 Å². The second-order valence-corrected chi connectivity index (χ2v) is 6.19. The molecule has 1 aromatic carbocycles. The Bertz CT molecular complexity index is 635. The smallest absolute Gasteiger partial charge is 0.213 e. The molecule has 2 aromatic rings. The average Bonchev–Trinajstić information content (AvgIpc) is 2.63. The Hall–Kier alpha value is -2.40. The van der Waals surface area contributed by atoms with E-state index >= 15 is 0 Å². The van der Waals surface area contributed by atoms with Gasteiger partial charge in [0.2, 0.25) is 5.88 Å². The van der Waals surface area contributed by atoms with Crippen molar-refractivity contribution in [2.24, 2.45) is 11.1 Å². The lowest BCUT2D eigenvalue weighted by molar-refractivity contribution is 0.134. The van der Waals surface area contributed by atoms with Crippen LogP contribution in [0.2, 0.25) is 0 Å². The molecule has 1 aromatic heterocycles. The topological polar surface area (TPSA) is 58.0 Å². The molecule has 0 radical (unpaired) electrons. The number of aromatic nitrogens is 1. The summed E-state index contributed by atoms with van der Waals surface area (Å²) in [5.41, 5.74) is 2.13. The zero-order chi connectivity index (χ0) is 16.6. The van der Waals surface area contributed by atoms with Gasteiger partial charge in [0.05, 0.1) is 12.8 Å². The van der Waals surface area contributed by atoms with Gasteiger partial charge in [-0.15, -0.1) is 0 Å². The Balaban J connectivity index is 1.40. The fraction of sp³-hybridized carbons (Fsp3) is 0.368. The fourth-order valence-electron chi connectivity index (χ4n) is 2.98. The molecule has 0 saturated carbocycles. The standard InChI is InChI=1S/C19H23N3O2/c23-21-13-18-6-7-19(20-12-18)24-15-17-8-10-22(11-9-17)14-16-4-2-1-3-5-16/h1-7,12-13,17,23H,8-11,14-15H2. The lowest BCUT2D eigenvalue weighted by Gasteiger charge is -2.31. The maximum atomic E-state index is 8.48. The third kappa shape index (κ3) is 4.80. The largest absolute Gasteiger partial charge is 0.477 e. The molecule has 24 heavy (non-hydrogen) atoms. The number of hydrogen-bond acceptors (Lipinski definition) is 5. The number of likely N-dealkylation sites (tertiary alicyclic amines) is 1. The van der Waals surface area contributed by atoms with Gasteiger partial charge in [-0.3, -0.25) is 4.90 Å². The number of rotatable bonds is 6. The van der Waals surface area contributed by atoms with Crippen molar-refractivity contribution in [1.82, 2.24) is 9.88 Å². The van der Waals surface area contributed by atoms with Crippen LogP contribution < -0.4 is 4.74 Å². The maximum absolute atomic E-state index is 8.48. The maximum Gasteiger partial charge on any atom is 0.213 e. The third-order valence-electron chi connectivity index (χ3n) is 4.39. The Morgan fingerprint density at radius 2 is 1.96 bits per heavy atom. The second kappa shape index (κ2) is 8.45. The molecule has 5 heteroatoms. The van der Waals surface area contributed by atoms with E-state index in [1.807, 2.05) is 12.1 Å². The highest BCUT2D eigenvalue weighted by Crippen LogP contribution is 2.20. The Labute approximate surface area is 142 Å². The number of piperidine rings is 1. The number of benzene rings is 1. The van der Waals surface area contributed by atoms with Crippen LogP contribution >= 0.6 is 0 Å². The zero-order valence-electron chi connectivity index (χ0n) is 13.7. The van der Waals surface area contributed by atoms with Crippen molar-refractivity contribution in [2.75, 3.05) is 19.7 Å². The van der Waals surface area contributed by atoms with E-state index in [0.29, 0.717) is 18.4 Å². The summed E-state index contributed by atoms with van der Waals surface area (Å²) in [5, 5.41) is 11.5. The minimum Gasteiger partial charge on any atom is -0.477 e. The lowest BCUT2D eigenvalue weighted by Crippen LogP contribution is -2.35. The number of pyridine rings is 1. The van der Waals surface area contributed by atoms with Crippen LogP contribution in [0.1, 0.15) is 24.0 Å². The van der Waals surface area contributed by atoms with E-state index in [1.165, 1.54) is 11.8 Å². The zero-order valence-corrected chi connectivity index (χ0v) is 13.7. The van der Waals surface area contributed by atoms with Crippen LogP contribution in [0.15, 0.2) is 53.8 Å². The molecule has 2 heterocycles. The van der Waals surface area contributed by atoms with E-state index < -0.39 is 0 Å². The van der Waals surface area contributed by atoms with Crippen molar-refractivity contribution in [3.63, 3.8) is 0 Å². The summed E-state index contributed by atoms with van der Waals surface area (Å²) >= 11 is 0. The molecule has 0 aliphatic carbocycles. The van der Waals surface area contributed by atoms with Crippen molar-refractivity contribution in [3.8, 4) is 5.88 Å². The number of nitrogens with zero attached hydrogens (tertiary/aromatic N) is 3. The summed E-state index contributed by atoms with van der Waals surface area (Å²) in [6.45, 7) is 3.97. The van der Waals surface area contributed by atoms with Crippen molar-refractivity contribution in [3.05, 3.63) is 59.8 Å². The summed E-state index contributed by atoms with van der Waals surface area (Å²) in [5.74, 6) is 1.20. The molecule has 1 N–H and O–H groups in total. The van der Waals surface area contributed by atoms with Gasteiger partial charge in [-0.2, -0.15) is 0 Å². The molecule has 3 rings (SSSR count). The van der Waals surface area contributed by atoms with E-state index in [9.17, 15) is 0 Å². The summed E-state index contributed by atoms with van der Waals surface area (Å²) < 4.78 is 5.80. The van der Waals surface area contributed by atoms with Gasteiger partial charge < -0.3 is 9.94 Å². The average molecular weight is 325 g/mol. The monoisotopic (exact) mass is 325 g/mol. The summed E-state index contributed by atoms with van der Waals surface area (Å²) in [7, 11) is 0. The van der Waals surface area contributed by atoms with Gasteiger partial charge >= 0.3 is 0 Å². The fourth-order valence-corrected chi connectivity index (χ4v) is 2.98. The highest BCUT2D eigenvalue weighted by Gasteiger charge is 2.19. The van der Waals surface area contributed by atoms with Gasteiger partial charge in [-0.05, 0) is 43.5 Å². The summed E-state index contributed by atoms with van der Waals surface area (Å²) in [4.78, 5) is 6.72. The third-order valence-corrected chi connectivity index (χ3v) is 4.39. The van der Waals surface area contributed by atoms with E-state index in [2.05, 4.69) is 45.4 Å². The highest BCUT2D eigenvalue weighted by molar-refractivity contribution is 5.78. The van der Waals surface area contributed by atoms with Crippen LogP contribution in [0.5, 0.6) is 5.88 Å².